The Labute approximate surface area is 137 Å². The highest BCUT2D eigenvalue weighted by Gasteiger charge is 2.00. The molecule has 1 aromatic carbocycles. The molecule has 0 fully saturated rings. The Bertz CT molecular complexity index is 522. The lowest BCUT2D eigenvalue weighted by Crippen LogP contribution is -2.34. The molecule has 6 heteroatoms. The quantitative estimate of drug-likeness (QED) is 0.631. The number of carbonyl (C=O) groups excluding carboxylic acids is 2. The minimum atomic E-state index is -0.518. The van der Waals surface area contributed by atoms with Crippen molar-refractivity contribution in [1.29, 1.82) is 0 Å². The number of benzene rings is 1. The predicted octanol–water partition coefficient (Wildman–Crippen LogP) is 1.02. The minimum absolute atomic E-state index is 0.119. The maximum absolute atomic E-state index is 11.7. The molecule has 6 nitrogen and oxygen atoms in total. The average molecular weight is 319 g/mol. The van der Waals surface area contributed by atoms with Crippen molar-refractivity contribution in [3.05, 3.63) is 35.9 Å². The molecule has 0 aliphatic carbocycles. The van der Waals surface area contributed by atoms with E-state index < -0.39 is 5.91 Å². The maximum Gasteiger partial charge on any atom is 0.255 e. The topological polar surface area (TPSA) is 84.7 Å². The molecule has 0 bridgehead atoms. The summed E-state index contributed by atoms with van der Waals surface area (Å²) in [7, 11) is 0. The van der Waals surface area contributed by atoms with E-state index >= 15 is 0 Å². The van der Waals surface area contributed by atoms with E-state index in [9.17, 15) is 9.59 Å². The van der Waals surface area contributed by atoms with Crippen LogP contribution in [0, 0.1) is 0 Å². The van der Waals surface area contributed by atoms with E-state index in [1.54, 1.807) is 30.3 Å². The van der Waals surface area contributed by atoms with Crippen molar-refractivity contribution in [2.45, 2.75) is 13.8 Å². The Hall–Kier alpha value is -2.34. The van der Waals surface area contributed by atoms with Gasteiger partial charge in [-0.1, -0.05) is 26.0 Å². The summed E-state index contributed by atoms with van der Waals surface area (Å²) in [5.41, 5.74) is 5.88. The second-order valence-corrected chi connectivity index (χ2v) is 4.98. The van der Waals surface area contributed by atoms with Gasteiger partial charge in [-0.05, 0) is 36.9 Å². The van der Waals surface area contributed by atoms with E-state index in [1.807, 2.05) is 0 Å². The predicted molar refractivity (Wildman–Crippen MR) is 91.0 cm³/mol. The summed E-state index contributed by atoms with van der Waals surface area (Å²) in [5, 5.41) is 2.85. The van der Waals surface area contributed by atoms with Crippen LogP contribution in [0.4, 0.5) is 0 Å². The van der Waals surface area contributed by atoms with Crippen LogP contribution in [-0.2, 0) is 9.59 Å². The summed E-state index contributed by atoms with van der Waals surface area (Å²) in [6.45, 7) is 7.48. The fourth-order valence-electron chi connectivity index (χ4n) is 1.94. The SMILES string of the molecule is CCN(CC)CCNC(=O)/C=C/c1ccc(OCC(N)=O)cc1. The third-order valence-electron chi connectivity index (χ3n) is 3.31. The van der Waals surface area contributed by atoms with Gasteiger partial charge in [-0.25, -0.2) is 0 Å². The zero-order valence-electron chi connectivity index (χ0n) is 13.7. The summed E-state index contributed by atoms with van der Waals surface area (Å²) in [4.78, 5) is 24.6. The van der Waals surface area contributed by atoms with E-state index in [1.165, 1.54) is 6.08 Å². The second kappa shape index (κ2) is 10.4. The fraction of sp³-hybridized carbons (Fsp3) is 0.412. The molecule has 0 spiro atoms. The number of primary amides is 1. The molecule has 0 unspecified atom stereocenters. The van der Waals surface area contributed by atoms with Crippen LogP contribution in [0.15, 0.2) is 30.3 Å². The number of rotatable bonds is 10. The third kappa shape index (κ3) is 8.01. The summed E-state index contributed by atoms with van der Waals surface area (Å²) in [5.74, 6) is -0.0776. The molecule has 0 aliphatic heterocycles. The largest absolute Gasteiger partial charge is 0.484 e. The Morgan fingerprint density at radius 1 is 1.22 bits per heavy atom. The highest BCUT2D eigenvalue weighted by Crippen LogP contribution is 2.12. The monoisotopic (exact) mass is 319 g/mol. The lowest BCUT2D eigenvalue weighted by Gasteiger charge is -2.17. The van der Waals surface area contributed by atoms with Crippen molar-refractivity contribution in [1.82, 2.24) is 10.2 Å². The zero-order valence-corrected chi connectivity index (χ0v) is 13.7. The van der Waals surface area contributed by atoms with Crippen molar-refractivity contribution in [3.63, 3.8) is 0 Å². The van der Waals surface area contributed by atoms with Crippen LogP contribution < -0.4 is 15.8 Å². The number of nitrogens with zero attached hydrogens (tertiary/aromatic N) is 1. The van der Waals surface area contributed by atoms with Gasteiger partial charge in [0.15, 0.2) is 6.61 Å². The Balaban J connectivity index is 2.38. The lowest BCUT2D eigenvalue weighted by molar-refractivity contribution is -0.120. The van der Waals surface area contributed by atoms with Crippen LogP contribution in [0.5, 0.6) is 5.75 Å². The van der Waals surface area contributed by atoms with Gasteiger partial charge in [0.1, 0.15) is 5.75 Å². The minimum Gasteiger partial charge on any atom is -0.484 e. The fourth-order valence-corrected chi connectivity index (χ4v) is 1.94. The van der Waals surface area contributed by atoms with Gasteiger partial charge >= 0.3 is 0 Å². The van der Waals surface area contributed by atoms with Crippen molar-refractivity contribution in [2.75, 3.05) is 32.8 Å². The van der Waals surface area contributed by atoms with Gasteiger partial charge in [0.2, 0.25) is 5.91 Å². The van der Waals surface area contributed by atoms with Crippen LogP contribution in [0.3, 0.4) is 0 Å². The molecule has 3 N–H and O–H groups in total. The van der Waals surface area contributed by atoms with E-state index in [2.05, 4.69) is 24.1 Å². The summed E-state index contributed by atoms with van der Waals surface area (Å²) < 4.78 is 5.16. The van der Waals surface area contributed by atoms with E-state index in [4.69, 9.17) is 10.5 Å². The highest BCUT2D eigenvalue weighted by molar-refractivity contribution is 5.91. The molecule has 0 saturated heterocycles. The molecular formula is C17H25N3O3. The molecule has 2 amide bonds. The van der Waals surface area contributed by atoms with Gasteiger partial charge in [-0.3, -0.25) is 9.59 Å². The van der Waals surface area contributed by atoms with Gasteiger partial charge in [0.25, 0.3) is 5.91 Å². The molecule has 23 heavy (non-hydrogen) atoms. The Morgan fingerprint density at radius 2 is 1.87 bits per heavy atom. The molecule has 126 valence electrons. The first kappa shape index (κ1) is 18.7. The number of carbonyl (C=O) groups is 2. The van der Waals surface area contributed by atoms with Crippen molar-refractivity contribution in [3.8, 4) is 5.75 Å². The van der Waals surface area contributed by atoms with E-state index in [0.717, 1.165) is 25.2 Å². The van der Waals surface area contributed by atoms with Crippen LogP contribution in [-0.4, -0.2) is 49.5 Å². The number of nitrogens with two attached hydrogens (primary N) is 1. The first-order valence-corrected chi connectivity index (χ1v) is 7.74. The summed E-state index contributed by atoms with van der Waals surface area (Å²) in [6.07, 6.45) is 3.23. The van der Waals surface area contributed by atoms with Gasteiger partial charge in [0.05, 0.1) is 0 Å². The number of likely N-dealkylation sites (N-methyl/N-ethyl adjacent to an activating group) is 1. The number of nitrogens with one attached hydrogen (secondary N) is 1. The zero-order chi connectivity index (χ0) is 17.1. The highest BCUT2D eigenvalue weighted by atomic mass is 16.5. The Morgan fingerprint density at radius 3 is 2.43 bits per heavy atom. The van der Waals surface area contributed by atoms with Gasteiger partial charge in [0, 0.05) is 19.2 Å². The lowest BCUT2D eigenvalue weighted by atomic mass is 10.2. The van der Waals surface area contributed by atoms with E-state index in [0.29, 0.717) is 12.3 Å². The Kier molecular flexibility index (Phi) is 8.46. The van der Waals surface area contributed by atoms with Crippen molar-refractivity contribution >= 4 is 17.9 Å². The van der Waals surface area contributed by atoms with Gasteiger partial charge in [-0.2, -0.15) is 0 Å². The van der Waals surface area contributed by atoms with Crippen molar-refractivity contribution in [2.24, 2.45) is 5.73 Å². The van der Waals surface area contributed by atoms with Crippen LogP contribution in [0.2, 0.25) is 0 Å². The number of amides is 2. The number of ether oxygens (including phenoxy) is 1. The van der Waals surface area contributed by atoms with Crippen LogP contribution in [0.25, 0.3) is 6.08 Å². The van der Waals surface area contributed by atoms with Crippen molar-refractivity contribution < 1.29 is 14.3 Å². The van der Waals surface area contributed by atoms with Crippen LogP contribution >= 0.6 is 0 Å². The summed E-state index contributed by atoms with van der Waals surface area (Å²) in [6, 6.07) is 7.05. The van der Waals surface area contributed by atoms with Crippen LogP contribution in [0.1, 0.15) is 19.4 Å². The standard InChI is InChI=1S/C17H25N3O3/c1-3-20(4-2)12-11-19-17(22)10-7-14-5-8-15(9-6-14)23-13-16(18)21/h5-10H,3-4,11-13H2,1-2H3,(H2,18,21)(H,19,22)/b10-7+. The molecule has 0 saturated carbocycles. The van der Waals surface area contributed by atoms with Gasteiger partial charge < -0.3 is 20.7 Å². The van der Waals surface area contributed by atoms with E-state index in [-0.39, 0.29) is 12.5 Å². The number of hydrogen-bond acceptors (Lipinski definition) is 4. The molecule has 0 radical (unpaired) electrons. The first-order chi connectivity index (χ1) is 11.0. The normalized spacial score (nSPS) is 10.9. The molecule has 1 rings (SSSR count). The molecule has 0 aromatic heterocycles. The third-order valence-corrected chi connectivity index (χ3v) is 3.31. The molecule has 0 atom stereocenters. The van der Waals surface area contributed by atoms with Gasteiger partial charge in [-0.15, -0.1) is 0 Å². The summed E-state index contributed by atoms with van der Waals surface area (Å²) >= 11 is 0. The molecule has 0 aliphatic rings. The maximum atomic E-state index is 11.7. The molecule has 1 aromatic rings. The smallest absolute Gasteiger partial charge is 0.255 e. The second-order valence-electron chi connectivity index (χ2n) is 4.98. The number of hydrogen-bond donors (Lipinski definition) is 2. The first-order valence-electron chi connectivity index (χ1n) is 7.74. The molecular weight excluding hydrogens is 294 g/mol. The molecule has 0 heterocycles. The average Bonchev–Trinajstić information content (AvgIpc) is 2.56.